The van der Waals surface area contributed by atoms with Crippen LogP contribution >= 0.6 is 0 Å². The Morgan fingerprint density at radius 3 is 2.29 bits per heavy atom. The highest BCUT2D eigenvalue weighted by atomic mass is 16.5. The van der Waals surface area contributed by atoms with Crippen molar-refractivity contribution in [2.75, 3.05) is 20.8 Å². The van der Waals surface area contributed by atoms with Crippen LogP contribution in [-0.4, -0.2) is 38.7 Å². The van der Waals surface area contributed by atoms with Crippen molar-refractivity contribution in [1.82, 2.24) is 10.6 Å². The van der Waals surface area contributed by atoms with Crippen LogP contribution in [-0.2, 0) is 19.1 Å². The molecule has 0 aromatic heterocycles. The Morgan fingerprint density at radius 1 is 1.06 bits per heavy atom. The number of nitrogens with one attached hydrogen (secondary N) is 2. The number of rotatable bonds is 10. The van der Waals surface area contributed by atoms with Gasteiger partial charge < -0.3 is 14.2 Å². The molecule has 31 heavy (non-hydrogen) atoms. The van der Waals surface area contributed by atoms with E-state index in [0.29, 0.717) is 30.3 Å². The summed E-state index contributed by atoms with van der Waals surface area (Å²) >= 11 is 0. The van der Waals surface area contributed by atoms with Crippen LogP contribution in [0.15, 0.2) is 30.0 Å². The zero-order valence-electron chi connectivity index (χ0n) is 19.1. The molecule has 8 nitrogen and oxygen atoms in total. The Hall–Kier alpha value is -3.03. The Balaban J connectivity index is 0.000000330. The monoisotopic (exact) mass is 434 g/mol. The van der Waals surface area contributed by atoms with Gasteiger partial charge in [0.05, 0.1) is 26.4 Å². The maximum Gasteiger partial charge on any atom is 0.326 e. The molecule has 1 saturated heterocycles. The number of hydrogen-bond acceptors (Lipinski definition) is 6. The van der Waals surface area contributed by atoms with Crippen molar-refractivity contribution < 1.29 is 28.6 Å². The van der Waals surface area contributed by atoms with E-state index in [2.05, 4.69) is 24.5 Å². The molecular weight excluding hydrogens is 400 g/mol. The number of carbonyl (C=O) groups excluding carboxylic acids is 3. The number of esters is 1. The minimum absolute atomic E-state index is 0.0741. The van der Waals surface area contributed by atoms with E-state index in [1.54, 1.807) is 24.3 Å². The lowest BCUT2D eigenvalue weighted by atomic mass is 10.0. The average molecular weight is 435 g/mol. The van der Waals surface area contributed by atoms with E-state index in [0.717, 1.165) is 6.42 Å². The van der Waals surface area contributed by atoms with Gasteiger partial charge in [0.25, 0.3) is 5.91 Å². The molecular formula is C23H34N2O6. The lowest BCUT2D eigenvalue weighted by molar-refractivity contribution is -0.144. The zero-order chi connectivity index (χ0) is 23.2. The fraction of sp³-hybridized carbons (Fsp3) is 0.522. The SMILES string of the molecule is CCCCC(CC)COC(=O)CC.COC(=C1NC(=O)NC1=O)c1ccccc1OC. The van der Waals surface area contributed by atoms with Crippen LogP contribution in [0.25, 0.3) is 5.76 Å². The molecule has 1 atom stereocenters. The summed E-state index contributed by atoms with van der Waals surface area (Å²) in [6, 6.07) is 6.49. The molecule has 3 amide bonds. The van der Waals surface area contributed by atoms with E-state index < -0.39 is 11.9 Å². The van der Waals surface area contributed by atoms with Crippen molar-refractivity contribution in [1.29, 1.82) is 0 Å². The van der Waals surface area contributed by atoms with Gasteiger partial charge in [0.15, 0.2) is 11.5 Å². The second-order valence-corrected chi connectivity index (χ2v) is 6.97. The van der Waals surface area contributed by atoms with Crippen molar-refractivity contribution in [3.8, 4) is 5.75 Å². The quantitative estimate of drug-likeness (QED) is 0.250. The van der Waals surface area contributed by atoms with Gasteiger partial charge in [-0.15, -0.1) is 0 Å². The molecule has 0 spiro atoms. The highest BCUT2D eigenvalue weighted by molar-refractivity contribution is 6.15. The zero-order valence-corrected chi connectivity index (χ0v) is 19.1. The molecule has 1 aliphatic heterocycles. The molecule has 1 heterocycles. The summed E-state index contributed by atoms with van der Waals surface area (Å²) in [6.07, 6.45) is 5.24. The number of carbonyl (C=O) groups is 3. The predicted octanol–water partition coefficient (Wildman–Crippen LogP) is 4.01. The van der Waals surface area contributed by atoms with Crippen molar-refractivity contribution in [2.45, 2.75) is 52.9 Å². The first kappa shape index (κ1) is 26.0. The fourth-order valence-electron chi connectivity index (χ4n) is 2.92. The number of amides is 3. The number of ether oxygens (including phenoxy) is 3. The highest BCUT2D eigenvalue weighted by Crippen LogP contribution is 2.28. The predicted molar refractivity (Wildman–Crippen MR) is 118 cm³/mol. The normalized spacial score (nSPS) is 15.1. The van der Waals surface area contributed by atoms with E-state index >= 15 is 0 Å². The third-order valence-corrected chi connectivity index (χ3v) is 4.79. The molecule has 1 fully saturated rings. The van der Waals surface area contributed by atoms with Gasteiger partial charge in [-0.05, 0) is 24.5 Å². The molecule has 0 aliphatic carbocycles. The largest absolute Gasteiger partial charge is 0.496 e. The van der Waals surface area contributed by atoms with E-state index in [4.69, 9.17) is 14.2 Å². The Bertz CT molecular complexity index is 775. The van der Waals surface area contributed by atoms with Crippen molar-refractivity contribution in [2.24, 2.45) is 5.92 Å². The first-order valence-corrected chi connectivity index (χ1v) is 10.6. The molecule has 0 saturated carbocycles. The standard InChI is InChI=1S/C12H12N2O4.C11H22O2/c1-17-8-6-4-3-5-7(8)10(18-2)9-11(15)14-12(16)13-9;1-4-7-8-10(5-2)9-13-11(12)6-3/h3-6H,1-2H3,(H2,13,14,15,16);10H,4-9H2,1-3H3. The number of hydrogen-bond donors (Lipinski definition) is 2. The van der Waals surface area contributed by atoms with E-state index in [1.807, 2.05) is 6.92 Å². The average Bonchev–Trinajstić information content (AvgIpc) is 3.12. The summed E-state index contributed by atoms with van der Waals surface area (Å²) in [5.74, 6) is 0.778. The molecule has 1 unspecified atom stereocenters. The Labute approximate surface area is 184 Å². The second-order valence-electron chi connectivity index (χ2n) is 6.97. The van der Waals surface area contributed by atoms with Crippen LogP contribution in [0.5, 0.6) is 5.75 Å². The number of methoxy groups -OCH3 is 2. The molecule has 0 radical (unpaired) electrons. The number of para-hydroxylation sites is 1. The van der Waals surface area contributed by atoms with Gasteiger partial charge in [0.2, 0.25) is 0 Å². The Kier molecular flexibility index (Phi) is 11.8. The van der Waals surface area contributed by atoms with Gasteiger partial charge in [-0.3, -0.25) is 20.2 Å². The summed E-state index contributed by atoms with van der Waals surface area (Å²) in [4.78, 5) is 33.6. The molecule has 1 aliphatic rings. The fourth-order valence-corrected chi connectivity index (χ4v) is 2.92. The van der Waals surface area contributed by atoms with Gasteiger partial charge in [0, 0.05) is 6.42 Å². The van der Waals surface area contributed by atoms with Gasteiger partial charge in [0.1, 0.15) is 5.75 Å². The summed E-state index contributed by atoms with van der Waals surface area (Å²) in [5, 5.41) is 4.53. The van der Waals surface area contributed by atoms with Crippen LogP contribution in [0.2, 0.25) is 0 Å². The Morgan fingerprint density at radius 2 is 1.77 bits per heavy atom. The first-order chi connectivity index (χ1) is 14.9. The number of imide groups is 1. The van der Waals surface area contributed by atoms with Crippen LogP contribution in [0.3, 0.4) is 0 Å². The van der Waals surface area contributed by atoms with E-state index in [-0.39, 0.29) is 17.4 Å². The lowest BCUT2D eigenvalue weighted by Gasteiger charge is -2.13. The van der Waals surface area contributed by atoms with Crippen LogP contribution in [0.4, 0.5) is 4.79 Å². The van der Waals surface area contributed by atoms with Gasteiger partial charge in [-0.2, -0.15) is 0 Å². The summed E-state index contributed by atoms with van der Waals surface area (Å²) < 4.78 is 15.5. The lowest BCUT2D eigenvalue weighted by Crippen LogP contribution is -2.22. The molecule has 8 heteroatoms. The summed E-state index contributed by atoms with van der Waals surface area (Å²) in [5.41, 5.74) is 0.668. The number of urea groups is 1. The third kappa shape index (κ3) is 8.32. The van der Waals surface area contributed by atoms with Gasteiger partial charge in [-0.25, -0.2) is 4.79 Å². The highest BCUT2D eigenvalue weighted by Gasteiger charge is 2.29. The van der Waals surface area contributed by atoms with Crippen molar-refractivity contribution in [3.63, 3.8) is 0 Å². The van der Waals surface area contributed by atoms with Crippen LogP contribution < -0.4 is 15.4 Å². The van der Waals surface area contributed by atoms with E-state index in [1.165, 1.54) is 33.5 Å². The maximum atomic E-state index is 11.6. The summed E-state index contributed by atoms with van der Waals surface area (Å²) in [6.45, 7) is 6.78. The van der Waals surface area contributed by atoms with E-state index in [9.17, 15) is 14.4 Å². The summed E-state index contributed by atoms with van der Waals surface area (Å²) in [7, 11) is 2.94. The van der Waals surface area contributed by atoms with Crippen molar-refractivity contribution in [3.05, 3.63) is 35.5 Å². The smallest absolute Gasteiger partial charge is 0.326 e. The molecule has 0 bridgehead atoms. The van der Waals surface area contributed by atoms with Gasteiger partial charge in [-0.1, -0.05) is 52.2 Å². The maximum absolute atomic E-state index is 11.6. The molecule has 1 aromatic rings. The van der Waals surface area contributed by atoms with Crippen molar-refractivity contribution >= 4 is 23.7 Å². The third-order valence-electron chi connectivity index (χ3n) is 4.79. The molecule has 172 valence electrons. The number of benzene rings is 1. The second kappa shape index (κ2) is 14.1. The first-order valence-electron chi connectivity index (χ1n) is 10.6. The molecule has 2 rings (SSSR count). The van der Waals surface area contributed by atoms with Crippen LogP contribution in [0, 0.1) is 5.92 Å². The minimum atomic E-state index is -0.570. The number of unbranched alkanes of at least 4 members (excludes halogenated alkanes) is 1. The minimum Gasteiger partial charge on any atom is -0.496 e. The molecule has 1 aromatic carbocycles. The van der Waals surface area contributed by atoms with Crippen LogP contribution in [0.1, 0.15) is 58.4 Å². The molecule has 2 N–H and O–H groups in total. The van der Waals surface area contributed by atoms with Gasteiger partial charge >= 0.3 is 12.0 Å². The topological polar surface area (TPSA) is 103 Å².